The second-order valence-electron chi connectivity index (χ2n) is 8.77. The van der Waals surface area contributed by atoms with Crippen LogP contribution in [0.25, 0.3) is 0 Å². The van der Waals surface area contributed by atoms with Crippen LogP contribution in [0.4, 0.5) is 0 Å². The first-order valence-electron chi connectivity index (χ1n) is 11.2. The van der Waals surface area contributed by atoms with Gasteiger partial charge in [0, 0.05) is 24.0 Å². The van der Waals surface area contributed by atoms with Crippen LogP contribution < -0.4 is 14.8 Å². The number of hydrogen-bond acceptors (Lipinski definition) is 5. The number of halogens is 1. The third kappa shape index (κ3) is 5.28. The minimum absolute atomic E-state index is 0.0490. The van der Waals surface area contributed by atoms with Gasteiger partial charge in [-0.25, -0.2) is 8.42 Å². The third-order valence-electron chi connectivity index (χ3n) is 6.17. The molecular formula is C24H29ClN2O5S. The summed E-state index contributed by atoms with van der Waals surface area (Å²) in [7, 11) is -3.60. The number of nitrogens with one attached hydrogen (secondary N) is 1. The van der Waals surface area contributed by atoms with Gasteiger partial charge < -0.3 is 14.8 Å². The van der Waals surface area contributed by atoms with Crippen molar-refractivity contribution in [2.24, 2.45) is 11.8 Å². The summed E-state index contributed by atoms with van der Waals surface area (Å²) in [6, 6.07) is 11.8. The Morgan fingerprint density at radius 2 is 1.67 bits per heavy atom. The second kappa shape index (κ2) is 9.91. The van der Waals surface area contributed by atoms with Crippen molar-refractivity contribution < 1.29 is 22.7 Å². The topological polar surface area (TPSA) is 84.9 Å². The number of ether oxygens (including phenoxy) is 2. The zero-order valence-electron chi connectivity index (χ0n) is 18.8. The van der Waals surface area contributed by atoms with E-state index in [1.807, 2.05) is 18.2 Å². The van der Waals surface area contributed by atoms with Gasteiger partial charge in [-0.1, -0.05) is 31.5 Å². The number of carbonyl (C=O) groups is 1. The standard InChI is InChI=1S/C24H29ClN2O5S/c1-16(2)23(18-3-8-21-22(15-18)32-14-13-31-21)26-24(28)17-9-11-27(12-10-17)33(29,30)20-6-4-19(25)5-7-20/h3-8,15-17,23H,9-14H2,1-2H3,(H,26,28). The molecule has 2 aliphatic rings. The zero-order valence-corrected chi connectivity index (χ0v) is 20.4. The summed E-state index contributed by atoms with van der Waals surface area (Å²) in [5, 5.41) is 3.67. The summed E-state index contributed by atoms with van der Waals surface area (Å²) < 4.78 is 38.5. The molecule has 33 heavy (non-hydrogen) atoms. The zero-order chi connectivity index (χ0) is 23.6. The second-order valence-corrected chi connectivity index (χ2v) is 11.1. The molecule has 9 heteroatoms. The Labute approximate surface area is 200 Å². The molecule has 7 nitrogen and oxygen atoms in total. The van der Waals surface area contributed by atoms with Crippen molar-refractivity contribution >= 4 is 27.5 Å². The van der Waals surface area contributed by atoms with E-state index < -0.39 is 10.0 Å². The number of fused-ring (bicyclic) bond motifs is 1. The predicted octanol–water partition coefficient (Wildman–Crippen LogP) is 4.03. The normalized spacial score (nSPS) is 18.2. The molecule has 1 fully saturated rings. The van der Waals surface area contributed by atoms with E-state index in [1.165, 1.54) is 16.4 Å². The van der Waals surface area contributed by atoms with Crippen molar-refractivity contribution in [1.82, 2.24) is 9.62 Å². The molecule has 2 heterocycles. The molecular weight excluding hydrogens is 464 g/mol. The minimum Gasteiger partial charge on any atom is -0.486 e. The van der Waals surface area contributed by atoms with Crippen molar-refractivity contribution in [1.29, 1.82) is 0 Å². The molecule has 0 saturated carbocycles. The van der Waals surface area contributed by atoms with Crippen molar-refractivity contribution in [2.75, 3.05) is 26.3 Å². The van der Waals surface area contributed by atoms with Crippen molar-refractivity contribution in [2.45, 2.75) is 37.6 Å². The smallest absolute Gasteiger partial charge is 0.243 e. The van der Waals surface area contributed by atoms with Gasteiger partial charge in [0.25, 0.3) is 0 Å². The highest BCUT2D eigenvalue weighted by Crippen LogP contribution is 2.35. The lowest BCUT2D eigenvalue weighted by Crippen LogP contribution is -2.44. The van der Waals surface area contributed by atoms with E-state index in [0.29, 0.717) is 55.7 Å². The number of nitrogens with zero attached hydrogens (tertiary/aromatic N) is 1. The summed E-state index contributed by atoms with van der Waals surface area (Å²) in [6.07, 6.45) is 0.954. The van der Waals surface area contributed by atoms with Crippen LogP contribution in [0.1, 0.15) is 38.3 Å². The summed E-state index contributed by atoms with van der Waals surface area (Å²) in [5.74, 6) is 1.29. The average Bonchev–Trinajstić information content (AvgIpc) is 2.82. The van der Waals surface area contributed by atoms with Gasteiger partial charge in [-0.2, -0.15) is 4.31 Å². The Kier molecular flexibility index (Phi) is 7.16. The van der Waals surface area contributed by atoms with E-state index in [0.717, 1.165) is 5.56 Å². The van der Waals surface area contributed by atoms with Gasteiger partial charge >= 0.3 is 0 Å². The molecule has 0 spiro atoms. The van der Waals surface area contributed by atoms with Gasteiger partial charge in [-0.05, 0) is 60.7 Å². The quantitative estimate of drug-likeness (QED) is 0.658. The van der Waals surface area contributed by atoms with Crippen molar-refractivity contribution in [3.05, 3.63) is 53.1 Å². The maximum absolute atomic E-state index is 13.1. The molecule has 1 saturated heterocycles. The van der Waals surface area contributed by atoms with E-state index in [-0.39, 0.29) is 28.7 Å². The maximum atomic E-state index is 13.1. The first-order valence-corrected chi connectivity index (χ1v) is 13.0. The molecule has 0 radical (unpaired) electrons. The van der Waals surface area contributed by atoms with Gasteiger partial charge in [0.1, 0.15) is 13.2 Å². The summed E-state index contributed by atoms with van der Waals surface area (Å²) in [4.78, 5) is 13.3. The number of hydrogen-bond donors (Lipinski definition) is 1. The monoisotopic (exact) mass is 492 g/mol. The van der Waals surface area contributed by atoms with E-state index in [2.05, 4.69) is 19.2 Å². The van der Waals surface area contributed by atoms with Gasteiger partial charge in [-0.15, -0.1) is 0 Å². The SMILES string of the molecule is CC(C)C(NC(=O)C1CCN(S(=O)(=O)c2ccc(Cl)cc2)CC1)c1ccc2c(c1)OCCO2. The predicted molar refractivity (Wildman–Crippen MR) is 126 cm³/mol. The number of sulfonamides is 1. The molecule has 1 unspecified atom stereocenters. The number of carbonyl (C=O) groups excluding carboxylic acids is 1. The van der Waals surface area contributed by atoms with Crippen LogP contribution in [0, 0.1) is 11.8 Å². The molecule has 2 aromatic carbocycles. The van der Waals surface area contributed by atoms with E-state index in [9.17, 15) is 13.2 Å². The van der Waals surface area contributed by atoms with Gasteiger partial charge in [0.05, 0.1) is 10.9 Å². The molecule has 0 aliphatic carbocycles. The molecule has 2 aromatic rings. The molecule has 1 atom stereocenters. The Hall–Kier alpha value is -2.29. The maximum Gasteiger partial charge on any atom is 0.243 e. The molecule has 1 amide bonds. The molecule has 4 rings (SSSR count). The van der Waals surface area contributed by atoms with Crippen LogP contribution in [0.3, 0.4) is 0 Å². The molecule has 0 aromatic heterocycles. The highest BCUT2D eigenvalue weighted by Gasteiger charge is 2.33. The van der Waals surface area contributed by atoms with Crippen molar-refractivity contribution in [3.63, 3.8) is 0 Å². The number of piperidine rings is 1. The van der Waals surface area contributed by atoms with Crippen LogP contribution in [-0.4, -0.2) is 44.9 Å². The summed E-state index contributed by atoms with van der Waals surface area (Å²) in [6.45, 7) is 5.76. The van der Waals surface area contributed by atoms with Gasteiger partial charge in [0.2, 0.25) is 15.9 Å². The van der Waals surface area contributed by atoms with Crippen LogP contribution in [0.15, 0.2) is 47.4 Å². The fraction of sp³-hybridized carbons (Fsp3) is 0.458. The van der Waals surface area contributed by atoms with E-state index in [4.69, 9.17) is 21.1 Å². The lowest BCUT2D eigenvalue weighted by Gasteiger charge is -2.32. The molecule has 2 aliphatic heterocycles. The van der Waals surface area contributed by atoms with Crippen molar-refractivity contribution in [3.8, 4) is 11.5 Å². The van der Waals surface area contributed by atoms with Gasteiger partial charge in [-0.3, -0.25) is 4.79 Å². The van der Waals surface area contributed by atoms with Crippen LogP contribution in [0.5, 0.6) is 11.5 Å². The highest BCUT2D eigenvalue weighted by molar-refractivity contribution is 7.89. The first-order chi connectivity index (χ1) is 15.8. The Bertz CT molecular complexity index is 1100. The fourth-order valence-electron chi connectivity index (χ4n) is 4.27. The van der Waals surface area contributed by atoms with Crippen LogP contribution in [-0.2, 0) is 14.8 Å². The number of rotatable bonds is 6. The Morgan fingerprint density at radius 3 is 2.30 bits per heavy atom. The first kappa shape index (κ1) is 23.9. The largest absolute Gasteiger partial charge is 0.486 e. The average molecular weight is 493 g/mol. The third-order valence-corrected chi connectivity index (χ3v) is 8.33. The lowest BCUT2D eigenvalue weighted by atomic mass is 9.92. The highest BCUT2D eigenvalue weighted by atomic mass is 35.5. The molecule has 1 N–H and O–H groups in total. The lowest BCUT2D eigenvalue weighted by molar-refractivity contribution is -0.127. The minimum atomic E-state index is -3.60. The van der Waals surface area contributed by atoms with E-state index >= 15 is 0 Å². The summed E-state index contributed by atoms with van der Waals surface area (Å²) in [5.41, 5.74) is 0.963. The molecule has 178 valence electrons. The summed E-state index contributed by atoms with van der Waals surface area (Å²) >= 11 is 5.88. The van der Waals surface area contributed by atoms with Crippen LogP contribution >= 0.6 is 11.6 Å². The number of benzene rings is 2. The van der Waals surface area contributed by atoms with E-state index in [1.54, 1.807) is 12.1 Å². The van der Waals surface area contributed by atoms with Gasteiger partial charge in [0.15, 0.2) is 11.5 Å². The molecule has 0 bridgehead atoms. The number of amides is 1. The Balaban J connectivity index is 1.40. The van der Waals surface area contributed by atoms with Crippen LogP contribution in [0.2, 0.25) is 5.02 Å². The Morgan fingerprint density at radius 1 is 1.03 bits per heavy atom. The fourth-order valence-corrected chi connectivity index (χ4v) is 5.87.